The minimum absolute atomic E-state index is 0.508. The maximum Gasteiger partial charge on any atom is 0.0317 e. The van der Waals surface area contributed by atoms with Crippen LogP contribution < -0.4 is 5.32 Å². The molecule has 1 aromatic rings. The van der Waals surface area contributed by atoms with Crippen molar-refractivity contribution in [1.82, 2.24) is 5.32 Å². The second kappa shape index (κ2) is 7.64. The van der Waals surface area contributed by atoms with Crippen molar-refractivity contribution >= 4 is 0 Å². The van der Waals surface area contributed by atoms with Gasteiger partial charge in [0.2, 0.25) is 0 Å². The minimum atomic E-state index is 0.508. The van der Waals surface area contributed by atoms with Crippen LogP contribution in [0.4, 0.5) is 0 Å². The lowest BCUT2D eigenvalue weighted by Crippen LogP contribution is -2.30. The summed E-state index contributed by atoms with van der Waals surface area (Å²) in [6.45, 7) is 4.42. The molecular formula is C19H29N. The van der Waals surface area contributed by atoms with E-state index in [0.29, 0.717) is 6.04 Å². The lowest BCUT2D eigenvalue weighted by molar-refractivity contribution is 0.557. The fourth-order valence-electron chi connectivity index (χ4n) is 3.19. The third-order valence-corrected chi connectivity index (χ3v) is 4.55. The molecule has 1 heteroatoms. The molecule has 0 bridgehead atoms. The summed E-state index contributed by atoms with van der Waals surface area (Å²) >= 11 is 0. The maximum atomic E-state index is 3.55. The molecule has 0 fully saturated rings. The zero-order valence-electron chi connectivity index (χ0n) is 13.3. The molecule has 110 valence electrons. The van der Waals surface area contributed by atoms with Crippen LogP contribution in [0.25, 0.3) is 0 Å². The number of nitrogens with one attached hydrogen (secondary N) is 1. The Morgan fingerprint density at radius 3 is 2.70 bits per heavy atom. The Labute approximate surface area is 124 Å². The van der Waals surface area contributed by atoms with E-state index in [1.807, 2.05) is 0 Å². The standard InChI is InChI=1S/C19H29N/c1-15-11-12-16(2)18(13-15)14-19(20-3)17-9-7-5-4-6-8-10-17/h9,11-13,19-20H,4-8,10,14H2,1-3H3/b17-9+. The highest BCUT2D eigenvalue weighted by Gasteiger charge is 2.15. The normalized spacial score (nSPS) is 20.6. The molecular weight excluding hydrogens is 242 g/mol. The van der Waals surface area contributed by atoms with E-state index in [4.69, 9.17) is 0 Å². The maximum absolute atomic E-state index is 3.55. The van der Waals surface area contributed by atoms with E-state index in [0.717, 1.165) is 6.42 Å². The van der Waals surface area contributed by atoms with Crippen LogP contribution in [0.3, 0.4) is 0 Å². The number of allylic oxidation sites excluding steroid dienone is 1. The monoisotopic (exact) mass is 271 g/mol. The Balaban J connectivity index is 2.13. The van der Waals surface area contributed by atoms with E-state index < -0.39 is 0 Å². The molecule has 1 nitrogen and oxygen atoms in total. The third kappa shape index (κ3) is 4.21. The molecule has 0 amide bonds. The molecule has 0 spiro atoms. The first kappa shape index (κ1) is 15.3. The van der Waals surface area contributed by atoms with Gasteiger partial charge in [0.1, 0.15) is 0 Å². The summed E-state index contributed by atoms with van der Waals surface area (Å²) in [6, 6.07) is 7.32. The minimum Gasteiger partial charge on any atom is -0.313 e. The van der Waals surface area contributed by atoms with Gasteiger partial charge >= 0.3 is 0 Å². The fourth-order valence-corrected chi connectivity index (χ4v) is 3.19. The van der Waals surface area contributed by atoms with Gasteiger partial charge in [-0.3, -0.25) is 0 Å². The number of rotatable bonds is 4. The van der Waals surface area contributed by atoms with Crippen LogP contribution in [0.2, 0.25) is 0 Å². The molecule has 0 aliphatic heterocycles. The highest BCUT2D eigenvalue weighted by atomic mass is 14.9. The third-order valence-electron chi connectivity index (χ3n) is 4.55. The zero-order chi connectivity index (χ0) is 14.4. The molecule has 0 heterocycles. The molecule has 1 atom stereocenters. The Bertz CT molecular complexity index is 459. The predicted octanol–water partition coefficient (Wildman–Crippen LogP) is 4.71. The van der Waals surface area contributed by atoms with Crippen LogP contribution in [0, 0.1) is 13.8 Å². The van der Waals surface area contributed by atoms with Gasteiger partial charge in [0.05, 0.1) is 0 Å². The van der Waals surface area contributed by atoms with Crippen molar-refractivity contribution < 1.29 is 0 Å². The zero-order valence-corrected chi connectivity index (χ0v) is 13.3. The van der Waals surface area contributed by atoms with E-state index >= 15 is 0 Å². The van der Waals surface area contributed by atoms with Crippen molar-refractivity contribution in [3.8, 4) is 0 Å². The summed E-state index contributed by atoms with van der Waals surface area (Å²) in [5, 5.41) is 3.55. The van der Waals surface area contributed by atoms with Crippen LogP contribution in [0.15, 0.2) is 29.8 Å². The predicted molar refractivity (Wildman–Crippen MR) is 88.3 cm³/mol. The van der Waals surface area contributed by atoms with Crippen LogP contribution in [-0.4, -0.2) is 13.1 Å². The highest BCUT2D eigenvalue weighted by Crippen LogP contribution is 2.23. The molecule has 1 aromatic carbocycles. The SMILES string of the molecule is CNC(Cc1cc(C)ccc1C)/C1=C/CCCCCC1. The molecule has 1 aliphatic rings. The molecule has 1 N–H and O–H groups in total. The van der Waals surface area contributed by atoms with Gasteiger partial charge in [0.15, 0.2) is 0 Å². The lowest BCUT2D eigenvalue weighted by atomic mass is 9.90. The smallest absolute Gasteiger partial charge is 0.0317 e. The number of benzene rings is 1. The second-order valence-corrected chi connectivity index (χ2v) is 6.21. The van der Waals surface area contributed by atoms with Crippen molar-refractivity contribution in [2.75, 3.05) is 7.05 Å². The molecule has 20 heavy (non-hydrogen) atoms. The van der Waals surface area contributed by atoms with Crippen molar-refractivity contribution in [3.05, 3.63) is 46.5 Å². The topological polar surface area (TPSA) is 12.0 Å². The van der Waals surface area contributed by atoms with Crippen LogP contribution in [-0.2, 0) is 6.42 Å². The summed E-state index contributed by atoms with van der Waals surface area (Å²) in [4.78, 5) is 0. The average Bonchev–Trinajstić information content (AvgIpc) is 2.40. The Morgan fingerprint density at radius 2 is 1.90 bits per heavy atom. The number of hydrogen-bond acceptors (Lipinski definition) is 1. The van der Waals surface area contributed by atoms with Gasteiger partial charge in [0.25, 0.3) is 0 Å². The van der Waals surface area contributed by atoms with E-state index in [9.17, 15) is 0 Å². The highest BCUT2D eigenvalue weighted by molar-refractivity contribution is 5.32. The number of likely N-dealkylation sites (N-methyl/N-ethyl adjacent to an activating group) is 1. The Hall–Kier alpha value is -1.08. The number of hydrogen-bond donors (Lipinski definition) is 1. The summed E-state index contributed by atoms with van der Waals surface area (Å²) in [5.41, 5.74) is 5.91. The summed E-state index contributed by atoms with van der Waals surface area (Å²) in [5.74, 6) is 0. The van der Waals surface area contributed by atoms with E-state index in [1.54, 1.807) is 5.57 Å². The van der Waals surface area contributed by atoms with Gasteiger partial charge in [-0.15, -0.1) is 0 Å². The average molecular weight is 271 g/mol. The van der Waals surface area contributed by atoms with Crippen molar-refractivity contribution in [1.29, 1.82) is 0 Å². The largest absolute Gasteiger partial charge is 0.313 e. The van der Waals surface area contributed by atoms with E-state index in [1.165, 1.54) is 55.2 Å². The van der Waals surface area contributed by atoms with Crippen LogP contribution in [0.1, 0.15) is 55.2 Å². The van der Waals surface area contributed by atoms with Crippen LogP contribution in [0.5, 0.6) is 0 Å². The van der Waals surface area contributed by atoms with Gasteiger partial charge in [-0.1, -0.05) is 48.3 Å². The lowest BCUT2D eigenvalue weighted by Gasteiger charge is -2.23. The quantitative estimate of drug-likeness (QED) is 0.782. The van der Waals surface area contributed by atoms with Gasteiger partial charge < -0.3 is 5.32 Å². The first-order chi connectivity index (χ1) is 9.70. The van der Waals surface area contributed by atoms with Crippen molar-refractivity contribution in [2.24, 2.45) is 0 Å². The van der Waals surface area contributed by atoms with Gasteiger partial charge in [-0.05, 0) is 64.1 Å². The first-order valence-electron chi connectivity index (χ1n) is 8.13. The number of aryl methyl sites for hydroxylation is 2. The van der Waals surface area contributed by atoms with Gasteiger partial charge in [-0.25, -0.2) is 0 Å². The first-order valence-corrected chi connectivity index (χ1v) is 8.13. The molecule has 0 saturated carbocycles. The molecule has 1 aliphatic carbocycles. The summed E-state index contributed by atoms with van der Waals surface area (Å²) < 4.78 is 0. The van der Waals surface area contributed by atoms with Crippen LogP contribution >= 0.6 is 0 Å². The van der Waals surface area contributed by atoms with E-state index in [-0.39, 0.29) is 0 Å². The van der Waals surface area contributed by atoms with Gasteiger partial charge in [0, 0.05) is 6.04 Å². The molecule has 2 rings (SSSR count). The Kier molecular flexibility index (Phi) is 5.85. The summed E-state index contributed by atoms with van der Waals surface area (Å²) in [7, 11) is 2.11. The van der Waals surface area contributed by atoms with Gasteiger partial charge in [-0.2, -0.15) is 0 Å². The molecule has 0 radical (unpaired) electrons. The summed E-state index contributed by atoms with van der Waals surface area (Å²) in [6.07, 6.45) is 11.7. The molecule has 0 aromatic heterocycles. The van der Waals surface area contributed by atoms with Crippen molar-refractivity contribution in [3.63, 3.8) is 0 Å². The molecule has 0 saturated heterocycles. The van der Waals surface area contributed by atoms with Crippen molar-refractivity contribution in [2.45, 2.75) is 64.8 Å². The second-order valence-electron chi connectivity index (χ2n) is 6.21. The Morgan fingerprint density at radius 1 is 1.10 bits per heavy atom. The van der Waals surface area contributed by atoms with E-state index in [2.05, 4.69) is 50.5 Å². The molecule has 1 unspecified atom stereocenters. The fraction of sp³-hybridized carbons (Fsp3) is 0.579.